The zero-order valence-electron chi connectivity index (χ0n) is 19.8. The van der Waals surface area contributed by atoms with Crippen molar-refractivity contribution < 1.29 is 14.3 Å². The second-order valence-electron chi connectivity index (χ2n) is 8.49. The minimum Gasteiger partial charge on any atom is -0.490 e. The molecule has 0 aliphatic carbocycles. The number of hydrogen-bond acceptors (Lipinski definition) is 7. The Balaban J connectivity index is 1.60. The molecule has 1 heterocycles. The maximum absolute atomic E-state index is 12.5. The summed E-state index contributed by atoms with van der Waals surface area (Å²) in [4.78, 5) is 12.5. The summed E-state index contributed by atoms with van der Waals surface area (Å²) in [5.74, 6) is 0.785. The van der Waals surface area contributed by atoms with Crippen LogP contribution in [0.5, 0.6) is 11.5 Å². The average Bonchev–Trinajstić information content (AvgIpc) is 3.28. The number of anilines is 1. The summed E-state index contributed by atoms with van der Waals surface area (Å²) in [6, 6.07) is 17.2. The quantitative estimate of drug-likeness (QED) is 0.252. The van der Waals surface area contributed by atoms with E-state index in [4.69, 9.17) is 9.47 Å². The Morgan fingerprint density at radius 3 is 2.44 bits per heavy atom. The van der Waals surface area contributed by atoms with E-state index in [1.165, 1.54) is 23.0 Å². The van der Waals surface area contributed by atoms with Crippen molar-refractivity contribution in [2.24, 2.45) is 0 Å². The van der Waals surface area contributed by atoms with Crippen molar-refractivity contribution in [2.45, 2.75) is 39.5 Å². The molecule has 0 atom stereocenters. The van der Waals surface area contributed by atoms with E-state index < -0.39 is 5.91 Å². The van der Waals surface area contributed by atoms with Crippen LogP contribution >= 0.6 is 11.3 Å². The van der Waals surface area contributed by atoms with E-state index in [1.54, 1.807) is 12.1 Å². The van der Waals surface area contributed by atoms with Crippen LogP contribution in [0.1, 0.15) is 43.8 Å². The Kier molecular flexibility index (Phi) is 8.39. The minimum absolute atomic E-state index is 0.0560. The zero-order chi connectivity index (χ0) is 24.6. The van der Waals surface area contributed by atoms with Crippen LogP contribution in [0.25, 0.3) is 6.08 Å². The molecule has 176 valence electrons. The van der Waals surface area contributed by atoms with E-state index in [9.17, 15) is 10.1 Å². The number of rotatable bonds is 9. The number of carbonyl (C=O) groups excluding carboxylic acids is 1. The Bertz CT molecular complexity index is 1190. The summed E-state index contributed by atoms with van der Waals surface area (Å²) < 4.78 is 11.7. The molecule has 0 aliphatic rings. The summed E-state index contributed by atoms with van der Waals surface area (Å²) >= 11 is 1.28. The molecule has 34 heavy (non-hydrogen) atoms. The maximum Gasteiger partial charge on any atom is 0.268 e. The molecule has 0 saturated carbocycles. The van der Waals surface area contributed by atoms with E-state index in [-0.39, 0.29) is 11.0 Å². The number of benzene rings is 2. The molecule has 0 fully saturated rings. The Hall–Kier alpha value is -3.70. The lowest BCUT2D eigenvalue weighted by Gasteiger charge is -2.19. The number of hydrogen-bond donors (Lipinski definition) is 1. The van der Waals surface area contributed by atoms with Gasteiger partial charge in [-0.3, -0.25) is 10.1 Å². The van der Waals surface area contributed by atoms with Gasteiger partial charge in [0.2, 0.25) is 5.13 Å². The molecule has 0 aliphatic heterocycles. The van der Waals surface area contributed by atoms with Crippen molar-refractivity contribution in [2.75, 3.05) is 18.5 Å². The molecule has 0 saturated heterocycles. The average molecular weight is 477 g/mol. The number of amides is 1. The number of aromatic nitrogens is 2. The fourth-order valence-corrected chi connectivity index (χ4v) is 3.68. The number of nitrogens with one attached hydrogen (secondary N) is 1. The van der Waals surface area contributed by atoms with Crippen molar-refractivity contribution in [3.63, 3.8) is 0 Å². The van der Waals surface area contributed by atoms with Crippen molar-refractivity contribution in [1.82, 2.24) is 10.2 Å². The summed E-state index contributed by atoms with van der Waals surface area (Å²) in [6.45, 7) is 9.13. The number of nitriles is 1. The molecule has 0 bridgehead atoms. The van der Waals surface area contributed by atoms with Crippen LogP contribution in [0, 0.1) is 11.3 Å². The predicted octanol–water partition coefficient (Wildman–Crippen LogP) is 5.40. The van der Waals surface area contributed by atoms with Gasteiger partial charge in [0, 0.05) is 5.56 Å². The van der Waals surface area contributed by atoms with E-state index in [1.807, 2.05) is 37.3 Å². The molecular formula is C26H28N4O3S. The normalized spacial score (nSPS) is 11.6. The summed E-state index contributed by atoms with van der Waals surface area (Å²) in [6.07, 6.45) is 2.23. The molecule has 2 aromatic carbocycles. The lowest BCUT2D eigenvalue weighted by Crippen LogP contribution is -2.13. The fourth-order valence-electron chi connectivity index (χ4n) is 3.01. The van der Waals surface area contributed by atoms with Gasteiger partial charge in [-0.05, 0) is 41.7 Å². The van der Waals surface area contributed by atoms with Gasteiger partial charge in [0.25, 0.3) is 5.91 Å². The first-order valence-corrected chi connectivity index (χ1v) is 11.8. The van der Waals surface area contributed by atoms with Gasteiger partial charge in [-0.15, -0.1) is 10.2 Å². The first kappa shape index (κ1) is 24.9. The molecule has 1 N–H and O–H groups in total. The monoisotopic (exact) mass is 476 g/mol. The van der Waals surface area contributed by atoms with Crippen LogP contribution < -0.4 is 14.8 Å². The molecule has 0 radical (unpaired) electrons. The van der Waals surface area contributed by atoms with Gasteiger partial charge >= 0.3 is 0 Å². The van der Waals surface area contributed by atoms with E-state index in [2.05, 4.69) is 48.4 Å². The van der Waals surface area contributed by atoms with Crippen molar-refractivity contribution in [1.29, 1.82) is 5.26 Å². The minimum atomic E-state index is -0.543. The van der Waals surface area contributed by atoms with Gasteiger partial charge in [-0.2, -0.15) is 5.26 Å². The van der Waals surface area contributed by atoms with Crippen molar-refractivity contribution >= 4 is 28.5 Å². The highest BCUT2D eigenvalue weighted by molar-refractivity contribution is 7.15. The first-order valence-electron chi connectivity index (χ1n) is 11.0. The van der Waals surface area contributed by atoms with Gasteiger partial charge in [-0.1, -0.05) is 69.4 Å². The fraction of sp³-hybridized carbons (Fsp3) is 0.308. The van der Waals surface area contributed by atoms with Crippen LogP contribution in [-0.2, 0) is 16.6 Å². The van der Waals surface area contributed by atoms with Crippen LogP contribution in [0.4, 0.5) is 5.13 Å². The highest BCUT2D eigenvalue weighted by Crippen LogP contribution is 2.25. The van der Waals surface area contributed by atoms with Gasteiger partial charge in [-0.25, -0.2) is 0 Å². The lowest BCUT2D eigenvalue weighted by molar-refractivity contribution is -0.112. The summed E-state index contributed by atoms with van der Waals surface area (Å²) in [7, 11) is 0. The molecule has 1 amide bonds. The number of carbonyl (C=O) groups is 1. The zero-order valence-corrected chi connectivity index (χ0v) is 20.6. The van der Waals surface area contributed by atoms with Gasteiger partial charge in [0.15, 0.2) is 0 Å². The SMILES string of the molecule is CCc1nnc(NC(=O)/C(C#N)=C\c2ccccc2OCCOc2ccc(C(C)(C)C)cc2)s1. The Labute approximate surface area is 204 Å². The largest absolute Gasteiger partial charge is 0.490 e. The highest BCUT2D eigenvalue weighted by Gasteiger charge is 2.14. The van der Waals surface area contributed by atoms with Gasteiger partial charge in [0.05, 0.1) is 0 Å². The lowest BCUT2D eigenvalue weighted by atomic mass is 9.87. The number of nitrogens with zero attached hydrogens (tertiary/aromatic N) is 3. The van der Waals surface area contributed by atoms with Crippen LogP contribution in [0.3, 0.4) is 0 Å². The number of aryl methyl sites for hydroxylation is 1. The van der Waals surface area contributed by atoms with E-state index in [0.717, 1.165) is 17.2 Å². The number of ether oxygens (including phenoxy) is 2. The Morgan fingerprint density at radius 1 is 1.09 bits per heavy atom. The number of para-hydroxylation sites is 1. The topological polar surface area (TPSA) is 97.1 Å². The van der Waals surface area contributed by atoms with Crippen LogP contribution in [0.2, 0.25) is 0 Å². The van der Waals surface area contributed by atoms with Crippen molar-refractivity contribution in [3.8, 4) is 17.6 Å². The van der Waals surface area contributed by atoms with Gasteiger partial charge in [0.1, 0.15) is 41.4 Å². The predicted molar refractivity (Wildman–Crippen MR) is 134 cm³/mol. The summed E-state index contributed by atoms with van der Waals surface area (Å²) in [5.41, 5.74) is 1.90. The second kappa shape index (κ2) is 11.4. The third-order valence-electron chi connectivity index (χ3n) is 4.90. The van der Waals surface area contributed by atoms with Crippen LogP contribution in [-0.4, -0.2) is 29.3 Å². The standard InChI is InChI=1S/C26H28N4O3S/c1-5-23-29-30-25(34-23)28-24(31)19(17-27)16-18-8-6-7-9-22(18)33-15-14-32-21-12-10-20(11-13-21)26(2,3)4/h6-13,16H,5,14-15H2,1-4H3,(H,28,30,31)/b19-16-. The molecule has 3 aromatic rings. The maximum atomic E-state index is 12.5. The molecule has 0 spiro atoms. The molecule has 0 unspecified atom stereocenters. The molecule has 8 heteroatoms. The smallest absolute Gasteiger partial charge is 0.268 e. The molecule has 3 rings (SSSR count). The van der Waals surface area contributed by atoms with Crippen LogP contribution in [0.15, 0.2) is 54.1 Å². The third-order valence-corrected chi connectivity index (χ3v) is 5.89. The van der Waals surface area contributed by atoms with E-state index >= 15 is 0 Å². The molecule has 7 nitrogen and oxygen atoms in total. The second-order valence-corrected chi connectivity index (χ2v) is 9.55. The third kappa shape index (κ3) is 6.90. The van der Waals surface area contributed by atoms with E-state index in [0.29, 0.717) is 29.7 Å². The highest BCUT2D eigenvalue weighted by atomic mass is 32.1. The summed E-state index contributed by atoms with van der Waals surface area (Å²) in [5, 5.41) is 21.2. The molecule has 1 aromatic heterocycles. The first-order chi connectivity index (χ1) is 16.3. The van der Waals surface area contributed by atoms with Gasteiger partial charge < -0.3 is 9.47 Å². The van der Waals surface area contributed by atoms with Crippen molar-refractivity contribution in [3.05, 3.63) is 70.2 Å². The Morgan fingerprint density at radius 2 is 1.79 bits per heavy atom. The molecular weight excluding hydrogens is 448 g/mol.